The highest BCUT2D eigenvalue weighted by Gasteiger charge is 2.30. The fraction of sp³-hybridized carbons (Fsp3) is 0.0625. The molecule has 20 heavy (non-hydrogen) atoms. The van der Waals surface area contributed by atoms with Crippen molar-refractivity contribution in [2.24, 2.45) is 4.99 Å². The molecule has 2 aromatic carbocycles. The van der Waals surface area contributed by atoms with E-state index in [4.69, 9.17) is 5.26 Å². The quantitative estimate of drug-likeness (QED) is 0.792. The Morgan fingerprint density at radius 2 is 1.95 bits per heavy atom. The second-order valence-electron chi connectivity index (χ2n) is 4.50. The molecule has 0 saturated heterocycles. The third-order valence-electron chi connectivity index (χ3n) is 3.24. The Morgan fingerprint density at radius 3 is 2.75 bits per heavy atom. The van der Waals surface area contributed by atoms with Gasteiger partial charge in [-0.1, -0.05) is 24.3 Å². The highest BCUT2D eigenvalue weighted by atomic mass is 16.2. The number of nitrogens with zero attached hydrogens (tertiary/aromatic N) is 3. The molecule has 0 fully saturated rings. The van der Waals surface area contributed by atoms with Crippen LogP contribution in [0.1, 0.15) is 11.1 Å². The van der Waals surface area contributed by atoms with Crippen LogP contribution in [0.25, 0.3) is 0 Å². The lowest BCUT2D eigenvalue weighted by Crippen LogP contribution is -2.25. The van der Waals surface area contributed by atoms with E-state index in [-0.39, 0.29) is 5.91 Å². The standard InChI is InChI=1S/C16H11N3O/c1-19-14-8-3-2-7-13(14)15(16(19)20)18-12-6-4-5-11(9-12)10-17/h2-9H,1H3. The molecule has 3 rings (SSSR count). The number of nitriles is 1. The molecule has 1 amide bonds. The van der Waals surface area contributed by atoms with Crippen LogP contribution >= 0.6 is 0 Å². The van der Waals surface area contributed by atoms with E-state index in [0.29, 0.717) is 17.0 Å². The first-order chi connectivity index (χ1) is 9.70. The summed E-state index contributed by atoms with van der Waals surface area (Å²) < 4.78 is 0. The van der Waals surface area contributed by atoms with Crippen molar-refractivity contribution in [2.75, 3.05) is 11.9 Å². The third-order valence-corrected chi connectivity index (χ3v) is 3.24. The second kappa shape index (κ2) is 4.63. The molecule has 0 N–H and O–H groups in total. The molecular formula is C16H11N3O. The van der Waals surface area contributed by atoms with E-state index in [9.17, 15) is 4.79 Å². The van der Waals surface area contributed by atoms with E-state index in [1.165, 1.54) is 0 Å². The number of carbonyl (C=O) groups is 1. The number of benzene rings is 2. The highest BCUT2D eigenvalue weighted by molar-refractivity contribution is 6.54. The maximum Gasteiger partial charge on any atom is 0.277 e. The number of hydrogen-bond donors (Lipinski definition) is 0. The predicted molar refractivity (Wildman–Crippen MR) is 77.2 cm³/mol. The van der Waals surface area contributed by atoms with Gasteiger partial charge in [0.25, 0.3) is 5.91 Å². The molecular weight excluding hydrogens is 250 g/mol. The summed E-state index contributed by atoms with van der Waals surface area (Å²) in [6, 6.07) is 16.5. The van der Waals surface area contributed by atoms with Gasteiger partial charge in [0.05, 0.1) is 23.0 Å². The maximum absolute atomic E-state index is 12.3. The Kier molecular flexibility index (Phi) is 2.81. The zero-order valence-corrected chi connectivity index (χ0v) is 10.9. The number of rotatable bonds is 1. The van der Waals surface area contributed by atoms with Gasteiger partial charge in [0.2, 0.25) is 0 Å². The van der Waals surface area contributed by atoms with Gasteiger partial charge in [0.15, 0.2) is 0 Å². The molecule has 1 aliphatic heterocycles. The molecule has 1 heterocycles. The summed E-state index contributed by atoms with van der Waals surface area (Å²) in [5, 5.41) is 8.90. The lowest BCUT2D eigenvalue weighted by atomic mass is 10.1. The van der Waals surface area contributed by atoms with Crippen molar-refractivity contribution in [1.29, 1.82) is 5.26 Å². The molecule has 0 spiro atoms. The Bertz CT molecular complexity index is 771. The molecule has 0 aromatic heterocycles. The van der Waals surface area contributed by atoms with E-state index in [2.05, 4.69) is 11.1 Å². The van der Waals surface area contributed by atoms with E-state index < -0.39 is 0 Å². The summed E-state index contributed by atoms with van der Waals surface area (Å²) >= 11 is 0. The lowest BCUT2D eigenvalue weighted by Gasteiger charge is -2.07. The Hall–Kier alpha value is -2.93. The van der Waals surface area contributed by atoms with Crippen molar-refractivity contribution < 1.29 is 4.79 Å². The van der Waals surface area contributed by atoms with Gasteiger partial charge < -0.3 is 4.90 Å². The van der Waals surface area contributed by atoms with Crippen LogP contribution in [-0.2, 0) is 4.79 Å². The SMILES string of the molecule is CN1C(=O)C(=Nc2cccc(C#N)c2)c2ccccc21. The minimum Gasteiger partial charge on any atom is -0.309 e. The van der Waals surface area contributed by atoms with E-state index in [0.717, 1.165) is 11.3 Å². The van der Waals surface area contributed by atoms with E-state index >= 15 is 0 Å². The van der Waals surface area contributed by atoms with Crippen LogP contribution in [-0.4, -0.2) is 18.7 Å². The van der Waals surface area contributed by atoms with Crippen LogP contribution in [0.5, 0.6) is 0 Å². The number of aliphatic imine (C=N–C) groups is 1. The van der Waals surface area contributed by atoms with Gasteiger partial charge in [-0.25, -0.2) is 4.99 Å². The van der Waals surface area contributed by atoms with Crippen LogP contribution in [0.3, 0.4) is 0 Å². The normalized spacial score (nSPS) is 15.3. The third kappa shape index (κ3) is 1.86. The van der Waals surface area contributed by atoms with Crippen LogP contribution in [0, 0.1) is 11.3 Å². The second-order valence-corrected chi connectivity index (χ2v) is 4.50. The van der Waals surface area contributed by atoms with Crippen LogP contribution in [0.15, 0.2) is 53.5 Å². The molecule has 0 atom stereocenters. The number of anilines is 1. The smallest absolute Gasteiger partial charge is 0.277 e. The van der Waals surface area contributed by atoms with Crippen LogP contribution in [0.2, 0.25) is 0 Å². The van der Waals surface area contributed by atoms with Gasteiger partial charge >= 0.3 is 0 Å². The average molecular weight is 261 g/mol. The first-order valence-electron chi connectivity index (χ1n) is 6.17. The van der Waals surface area contributed by atoms with Gasteiger partial charge in [-0.05, 0) is 24.3 Å². The summed E-state index contributed by atoms with van der Waals surface area (Å²) in [6.07, 6.45) is 0. The van der Waals surface area contributed by atoms with Crippen molar-refractivity contribution in [1.82, 2.24) is 0 Å². The topological polar surface area (TPSA) is 56.5 Å². The zero-order chi connectivity index (χ0) is 14.1. The van der Waals surface area contributed by atoms with Crippen molar-refractivity contribution >= 4 is 23.0 Å². The highest BCUT2D eigenvalue weighted by Crippen LogP contribution is 2.29. The van der Waals surface area contributed by atoms with Crippen molar-refractivity contribution in [3.8, 4) is 6.07 Å². The minimum absolute atomic E-state index is 0.131. The molecule has 2 aromatic rings. The van der Waals surface area contributed by atoms with Gasteiger partial charge in [0, 0.05) is 12.6 Å². The molecule has 0 radical (unpaired) electrons. The summed E-state index contributed by atoms with van der Waals surface area (Å²) in [5.74, 6) is -0.131. The van der Waals surface area contributed by atoms with Gasteiger partial charge in [-0.2, -0.15) is 5.26 Å². The molecule has 0 saturated carbocycles. The van der Waals surface area contributed by atoms with Gasteiger partial charge in [-0.3, -0.25) is 4.79 Å². The summed E-state index contributed by atoms with van der Waals surface area (Å²) in [6.45, 7) is 0. The number of amides is 1. The largest absolute Gasteiger partial charge is 0.309 e. The monoisotopic (exact) mass is 261 g/mol. The summed E-state index contributed by atoms with van der Waals surface area (Å²) in [7, 11) is 1.73. The number of fused-ring (bicyclic) bond motifs is 1. The van der Waals surface area contributed by atoms with Crippen molar-refractivity contribution in [3.63, 3.8) is 0 Å². The zero-order valence-electron chi connectivity index (χ0n) is 10.9. The van der Waals surface area contributed by atoms with Crippen molar-refractivity contribution in [2.45, 2.75) is 0 Å². The minimum atomic E-state index is -0.131. The Labute approximate surface area is 116 Å². The number of likely N-dealkylation sites (N-methyl/N-ethyl adjacent to an activating group) is 1. The number of hydrogen-bond acceptors (Lipinski definition) is 3. The fourth-order valence-corrected chi connectivity index (χ4v) is 2.23. The number of carbonyl (C=O) groups excluding carboxylic acids is 1. The first-order valence-corrected chi connectivity index (χ1v) is 6.17. The Balaban J connectivity index is 2.12. The van der Waals surface area contributed by atoms with Crippen LogP contribution < -0.4 is 4.90 Å². The molecule has 0 aliphatic carbocycles. The van der Waals surface area contributed by atoms with Crippen molar-refractivity contribution in [3.05, 3.63) is 59.7 Å². The molecule has 96 valence electrons. The summed E-state index contributed by atoms with van der Waals surface area (Å²) in [4.78, 5) is 18.3. The molecule has 0 bridgehead atoms. The fourth-order valence-electron chi connectivity index (χ4n) is 2.23. The lowest BCUT2D eigenvalue weighted by molar-refractivity contribution is -0.111. The van der Waals surface area contributed by atoms with Gasteiger partial charge in [0.1, 0.15) is 5.71 Å². The van der Waals surface area contributed by atoms with Crippen LogP contribution in [0.4, 0.5) is 11.4 Å². The Morgan fingerprint density at radius 1 is 1.15 bits per heavy atom. The average Bonchev–Trinajstić information content (AvgIpc) is 2.73. The molecule has 4 nitrogen and oxygen atoms in total. The number of para-hydroxylation sites is 1. The van der Waals surface area contributed by atoms with E-state index in [1.54, 1.807) is 36.2 Å². The molecule has 0 unspecified atom stereocenters. The maximum atomic E-state index is 12.3. The predicted octanol–water partition coefficient (Wildman–Crippen LogP) is 2.66. The van der Waals surface area contributed by atoms with Gasteiger partial charge in [-0.15, -0.1) is 0 Å². The van der Waals surface area contributed by atoms with E-state index in [1.807, 2.05) is 24.3 Å². The molecule has 1 aliphatic rings. The first kappa shape index (κ1) is 12.1. The summed E-state index contributed by atoms with van der Waals surface area (Å²) in [5.41, 5.74) is 3.23. The molecule has 4 heteroatoms.